The van der Waals surface area contributed by atoms with Gasteiger partial charge in [0, 0.05) is 27.7 Å². The lowest BCUT2D eigenvalue weighted by Crippen LogP contribution is -2.57. The average Bonchev–Trinajstić information content (AvgIpc) is 3.78. The van der Waals surface area contributed by atoms with Gasteiger partial charge >= 0.3 is 5.97 Å². The molecule has 8 nitrogen and oxygen atoms in total. The minimum absolute atomic E-state index is 0.0943. The first-order valence-electron chi connectivity index (χ1n) is 13.9. The number of nitrogens with zero attached hydrogens (tertiary/aromatic N) is 1. The second-order valence-electron chi connectivity index (χ2n) is 10.8. The van der Waals surface area contributed by atoms with Crippen LogP contribution in [0.15, 0.2) is 72.8 Å². The van der Waals surface area contributed by atoms with Crippen LogP contribution in [0.2, 0.25) is 15.1 Å². The molecule has 2 aliphatic rings. The predicted octanol–water partition coefficient (Wildman–Crippen LogP) is 6.52. The number of rotatable bonds is 11. The van der Waals surface area contributed by atoms with Gasteiger partial charge in [0.15, 0.2) is 0 Å². The molecule has 1 heterocycles. The van der Waals surface area contributed by atoms with Gasteiger partial charge in [0.05, 0.1) is 12.5 Å². The molecule has 5 rings (SSSR count). The highest BCUT2D eigenvalue weighted by molar-refractivity contribution is 7.90. The summed E-state index contributed by atoms with van der Waals surface area (Å²) in [7, 11) is -3.91. The molecule has 3 aromatic carbocycles. The Morgan fingerprint density at radius 3 is 2.33 bits per heavy atom. The monoisotopic (exact) mass is 664 g/mol. The third-order valence-electron chi connectivity index (χ3n) is 8.13. The van der Waals surface area contributed by atoms with Gasteiger partial charge in [0.1, 0.15) is 17.0 Å². The van der Waals surface area contributed by atoms with E-state index >= 15 is 0 Å². The second-order valence-corrected chi connectivity index (χ2v) is 14.2. The molecule has 228 valence electrons. The maximum Gasteiger partial charge on any atom is 0.306 e. The van der Waals surface area contributed by atoms with Gasteiger partial charge in [-0.15, -0.1) is 0 Å². The number of hydrogen-bond donors (Lipinski definition) is 2. The van der Waals surface area contributed by atoms with E-state index in [4.69, 9.17) is 39.5 Å². The van der Waals surface area contributed by atoms with Gasteiger partial charge in [-0.3, -0.25) is 9.59 Å². The van der Waals surface area contributed by atoms with Crippen molar-refractivity contribution in [3.8, 4) is 0 Å². The average molecular weight is 666 g/mol. The fourth-order valence-electron chi connectivity index (χ4n) is 5.81. The van der Waals surface area contributed by atoms with Crippen molar-refractivity contribution in [1.29, 1.82) is 0 Å². The Morgan fingerprint density at radius 1 is 1.02 bits per heavy atom. The van der Waals surface area contributed by atoms with Crippen LogP contribution in [-0.2, 0) is 29.1 Å². The zero-order chi connectivity index (χ0) is 30.9. The largest absolute Gasteiger partial charge is 0.481 e. The van der Waals surface area contributed by atoms with Crippen LogP contribution in [0.4, 0.5) is 0 Å². The highest BCUT2D eigenvalue weighted by Crippen LogP contribution is 2.54. The van der Waals surface area contributed by atoms with Crippen LogP contribution in [0, 0.1) is 0 Å². The van der Waals surface area contributed by atoms with E-state index in [1.807, 2.05) is 6.92 Å². The molecule has 0 aromatic heterocycles. The van der Waals surface area contributed by atoms with Crippen LogP contribution in [0.5, 0.6) is 0 Å². The number of aliphatic carboxylic acids is 1. The Hall–Kier alpha value is -2.66. The predicted molar refractivity (Wildman–Crippen MR) is 166 cm³/mol. The zero-order valence-electron chi connectivity index (χ0n) is 23.3. The molecule has 43 heavy (non-hydrogen) atoms. The second kappa shape index (κ2) is 12.8. The number of carboxylic acid groups (broad SMARTS) is 1. The van der Waals surface area contributed by atoms with E-state index in [-0.39, 0.29) is 6.54 Å². The Morgan fingerprint density at radius 2 is 1.72 bits per heavy atom. The lowest BCUT2D eigenvalue weighted by atomic mass is 9.89. The number of carbonyl (C=O) groups excluding carboxylic acids is 1. The van der Waals surface area contributed by atoms with E-state index in [1.54, 1.807) is 77.7 Å². The fourth-order valence-corrected chi connectivity index (χ4v) is 8.30. The van der Waals surface area contributed by atoms with Crippen LogP contribution < -0.4 is 4.72 Å². The molecular weight excluding hydrogens is 635 g/mol. The number of hydrogen-bond acceptors (Lipinski definition) is 5. The van der Waals surface area contributed by atoms with Crippen molar-refractivity contribution >= 4 is 56.7 Å². The molecular formula is C31H31Cl3N2O6S. The van der Waals surface area contributed by atoms with Crippen molar-refractivity contribution in [2.45, 2.75) is 61.6 Å². The van der Waals surface area contributed by atoms with Gasteiger partial charge in [-0.25, -0.2) is 13.1 Å². The lowest BCUT2D eigenvalue weighted by molar-refractivity contribution is -0.183. The van der Waals surface area contributed by atoms with Crippen molar-refractivity contribution in [1.82, 2.24) is 9.62 Å². The van der Waals surface area contributed by atoms with E-state index in [0.29, 0.717) is 51.0 Å². The zero-order valence-corrected chi connectivity index (χ0v) is 26.3. The molecule has 1 aliphatic heterocycles. The van der Waals surface area contributed by atoms with Gasteiger partial charge in [-0.05, 0) is 66.3 Å². The molecule has 2 fully saturated rings. The highest BCUT2D eigenvalue weighted by Gasteiger charge is 2.57. The summed E-state index contributed by atoms with van der Waals surface area (Å²) in [5.74, 6) is -1.74. The molecule has 3 aromatic rings. The number of carbonyl (C=O) groups is 2. The SMILES string of the molecule is CC[C@@H](CNS(=O)(=O)C1(c2ccccc2Cl)CC1)N1C(=O)[C@@H](CC(=O)O)O[C@H](c2cccc(Cl)c2)[C@H]1c1ccc(Cl)cc1. The molecule has 4 atom stereocenters. The van der Waals surface area contributed by atoms with Crippen molar-refractivity contribution in [2.75, 3.05) is 6.54 Å². The van der Waals surface area contributed by atoms with E-state index in [9.17, 15) is 23.1 Å². The third-order valence-corrected chi connectivity index (χ3v) is 11.2. The molecule has 12 heteroatoms. The topological polar surface area (TPSA) is 113 Å². The summed E-state index contributed by atoms with van der Waals surface area (Å²) >= 11 is 18.9. The molecule has 1 saturated carbocycles. The lowest BCUT2D eigenvalue weighted by Gasteiger charge is -2.48. The number of nitrogens with one attached hydrogen (secondary N) is 1. The van der Waals surface area contributed by atoms with Crippen molar-refractivity contribution < 1.29 is 27.9 Å². The number of benzene rings is 3. The highest BCUT2D eigenvalue weighted by atomic mass is 35.5. The van der Waals surface area contributed by atoms with Gasteiger partial charge in [-0.2, -0.15) is 0 Å². The molecule has 0 radical (unpaired) electrons. The summed E-state index contributed by atoms with van der Waals surface area (Å²) in [4.78, 5) is 27.4. The Labute approximate surface area is 265 Å². The fraction of sp³-hybridized carbons (Fsp3) is 0.355. The number of halogens is 3. The van der Waals surface area contributed by atoms with E-state index in [2.05, 4.69) is 4.72 Å². The molecule has 0 bridgehead atoms. The standard InChI is InChI=1S/C31H31Cl3N2O6S/c1-2-23(18-35-43(40,41)31(14-15-31)24-8-3-4-9-25(24)34)36-28(19-10-12-21(32)13-11-19)29(20-6-5-7-22(33)16-20)42-26(30(36)39)17-27(37)38/h3-13,16,23,26,28-29,35H,2,14-15,17-18H2,1H3,(H,37,38)/t23-,26+,28+,29+/m0/s1. The first-order chi connectivity index (χ1) is 20.5. The molecule has 0 unspecified atom stereocenters. The Balaban J connectivity index is 1.54. The summed E-state index contributed by atoms with van der Waals surface area (Å²) in [5.41, 5.74) is 1.88. The van der Waals surface area contributed by atoms with Crippen LogP contribution in [0.1, 0.15) is 61.4 Å². The summed E-state index contributed by atoms with van der Waals surface area (Å²) in [6.45, 7) is 1.76. The third kappa shape index (κ3) is 6.43. The van der Waals surface area contributed by atoms with E-state index < -0.39 is 57.4 Å². The van der Waals surface area contributed by atoms with Crippen molar-refractivity contribution in [2.24, 2.45) is 0 Å². The van der Waals surface area contributed by atoms with Gasteiger partial charge in [-0.1, -0.05) is 84.2 Å². The summed E-state index contributed by atoms with van der Waals surface area (Å²) < 4.78 is 35.4. The first kappa shape index (κ1) is 31.8. The van der Waals surface area contributed by atoms with Crippen LogP contribution >= 0.6 is 34.8 Å². The smallest absolute Gasteiger partial charge is 0.306 e. The molecule has 2 N–H and O–H groups in total. The number of amides is 1. The van der Waals surface area contributed by atoms with E-state index in [0.717, 1.165) is 0 Å². The Bertz CT molecular complexity index is 1610. The molecule has 0 spiro atoms. The molecule has 1 amide bonds. The van der Waals surface area contributed by atoms with Crippen LogP contribution in [0.3, 0.4) is 0 Å². The number of morpholine rings is 1. The van der Waals surface area contributed by atoms with Crippen LogP contribution in [-0.4, -0.2) is 49.0 Å². The summed E-state index contributed by atoms with van der Waals surface area (Å²) in [5, 5.41) is 11.0. The van der Waals surface area contributed by atoms with Crippen LogP contribution in [0.25, 0.3) is 0 Å². The minimum atomic E-state index is -3.91. The first-order valence-corrected chi connectivity index (χ1v) is 16.5. The maximum absolute atomic E-state index is 14.0. The van der Waals surface area contributed by atoms with Gasteiger partial charge in [0.2, 0.25) is 10.0 Å². The van der Waals surface area contributed by atoms with E-state index in [1.165, 1.54) is 0 Å². The normalized spacial score (nSPS) is 22.3. The number of ether oxygens (including phenoxy) is 1. The molecule has 1 saturated heterocycles. The van der Waals surface area contributed by atoms with Crippen molar-refractivity contribution in [3.63, 3.8) is 0 Å². The quantitative estimate of drug-likeness (QED) is 0.241. The molecule has 1 aliphatic carbocycles. The maximum atomic E-state index is 14.0. The minimum Gasteiger partial charge on any atom is -0.481 e. The van der Waals surface area contributed by atoms with Gasteiger partial charge in [0.25, 0.3) is 5.91 Å². The summed E-state index contributed by atoms with van der Waals surface area (Å²) in [6, 6.07) is 19.4. The summed E-state index contributed by atoms with van der Waals surface area (Å²) in [6.07, 6.45) is -1.44. The Kier molecular flexibility index (Phi) is 9.42. The number of sulfonamides is 1. The number of carboxylic acids is 1. The van der Waals surface area contributed by atoms with Crippen molar-refractivity contribution in [3.05, 3.63) is 105 Å². The van der Waals surface area contributed by atoms with Gasteiger partial charge < -0.3 is 14.7 Å².